The summed E-state index contributed by atoms with van der Waals surface area (Å²) in [5, 5.41) is 3.88. The second-order valence-corrected chi connectivity index (χ2v) is 6.18. The highest BCUT2D eigenvalue weighted by Crippen LogP contribution is 2.39. The number of nitrogens with two attached hydrogens (primary N) is 1. The number of halogens is 1. The Balaban J connectivity index is 1.55. The Morgan fingerprint density at radius 3 is 2.65 bits per heavy atom. The summed E-state index contributed by atoms with van der Waals surface area (Å²) in [4.78, 5) is 4.54. The molecule has 0 atom stereocenters. The zero-order chi connectivity index (χ0) is 16.2. The molecule has 4 nitrogen and oxygen atoms in total. The van der Waals surface area contributed by atoms with Crippen molar-refractivity contribution < 1.29 is 4.74 Å². The van der Waals surface area contributed by atoms with Crippen LogP contribution in [0.25, 0.3) is 0 Å². The number of methoxy groups -OCH3 is 1. The minimum atomic E-state index is 0.272. The average molecular weight is 330 g/mol. The molecule has 0 radical (unpaired) electrons. The van der Waals surface area contributed by atoms with Crippen LogP contribution in [-0.4, -0.2) is 19.1 Å². The lowest BCUT2D eigenvalue weighted by Crippen LogP contribution is -2.31. The van der Waals surface area contributed by atoms with E-state index in [0.717, 1.165) is 29.3 Å². The van der Waals surface area contributed by atoms with Crippen molar-refractivity contribution in [1.82, 2.24) is 0 Å². The Morgan fingerprint density at radius 1 is 1.22 bits per heavy atom. The molecule has 23 heavy (non-hydrogen) atoms. The van der Waals surface area contributed by atoms with Gasteiger partial charge in [-0.2, -0.15) is 0 Å². The van der Waals surface area contributed by atoms with E-state index in [0.29, 0.717) is 11.9 Å². The van der Waals surface area contributed by atoms with Crippen LogP contribution in [0.15, 0.2) is 53.5 Å². The minimum Gasteiger partial charge on any atom is -0.497 e. The normalized spacial score (nSPS) is 20.7. The molecule has 0 amide bonds. The summed E-state index contributed by atoms with van der Waals surface area (Å²) >= 11 is 5.92. The van der Waals surface area contributed by atoms with E-state index in [4.69, 9.17) is 22.1 Å². The third kappa shape index (κ3) is 3.96. The number of guanidine groups is 1. The van der Waals surface area contributed by atoms with Crippen LogP contribution in [-0.2, 0) is 0 Å². The molecule has 1 saturated carbocycles. The molecule has 120 valence electrons. The van der Waals surface area contributed by atoms with E-state index in [9.17, 15) is 0 Å². The fourth-order valence-corrected chi connectivity index (χ4v) is 2.90. The molecule has 2 aromatic rings. The minimum absolute atomic E-state index is 0.272. The number of ether oxygens (including phenoxy) is 1. The van der Waals surface area contributed by atoms with Gasteiger partial charge in [-0.3, -0.25) is 0 Å². The third-order valence-electron chi connectivity index (χ3n) is 4.12. The maximum Gasteiger partial charge on any atom is 0.193 e. The predicted molar refractivity (Wildman–Crippen MR) is 95.5 cm³/mol. The second kappa shape index (κ2) is 6.92. The van der Waals surface area contributed by atoms with E-state index < -0.39 is 0 Å². The van der Waals surface area contributed by atoms with Gasteiger partial charge in [-0.1, -0.05) is 29.8 Å². The lowest BCUT2D eigenvalue weighted by Gasteiger charge is -2.33. The second-order valence-electron chi connectivity index (χ2n) is 5.74. The van der Waals surface area contributed by atoms with Gasteiger partial charge in [0.25, 0.3) is 0 Å². The van der Waals surface area contributed by atoms with Crippen LogP contribution >= 0.6 is 11.6 Å². The smallest absolute Gasteiger partial charge is 0.193 e. The van der Waals surface area contributed by atoms with Crippen molar-refractivity contribution in [3.8, 4) is 5.75 Å². The Morgan fingerprint density at radius 2 is 1.96 bits per heavy atom. The molecule has 1 fully saturated rings. The molecule has 5 heteroatoms. The number of aliphatic imine (C=N–C) groups is 1. The van der Waals surface area contributed by atoms with Gasteiger partial charge < -0.3 is 15.8 Å². The largest absolute Gasteiger partial charge is 0.497 e. The topological polar surface area (TPSA) is 59.6 Å². The third-order valence-corrected chi connectivity index (χ3v) is 4.37. The molecule has 0 aliphatic heterocycles. The van der Waals surface area contributed by atoms with Crippen LogP contribution < -0.4 is 15.8 Å². The van der Waals surface area contributed by atoms with Crippen molar-refractivity contribution >= 4 is 23.2 Å². The fraction of sp³-hybridized carbons (Fsp3) is 0.278. The summed E-state index contributed by atoms with van der Waals surface area (Å²) < 4.78 is 5.19. The number of nitrogens with one attached hydrogen (secondary N) is 1. The highest BCUT2D eigenvalue weighted by atomic mass is 35.5. The van der Waals surface area contributed by atoms with E-state index in [2.05, 4.69) is 22.4 Å². The van der Waals surface area contributed by atoms with Gasteiger partial charge in [0.15, 0.2) is 5.96 Å². The van der Waals surface area contributed by atoms with Crippen molar-refractivity contribution in [2.45, 2.75) is 24.8 Å². The van der Waals surface area contributed by atoms with E-state index in [-0.39, 0.29) is 6.04 Å². The van der Waals surface area contributed by atoms with E-state index in [1.165, 1.54) is 5.56 Å². The van der Waals surface area contributed by atoms with Crippen LogP contribution in [0.3, 0.4) is 0 Å². The highest BCUT2D eigenvalue weighted by Gasteiger charge is 2.30. The van der Waals surface area contributed by atoms with Crippen molar-refractivity contribution in [1.29, 1.82) is 0 Å². The molecule has 0 heterocycles. The van der Waals surface area contributed by atoms with Crippen molar-refractivity contribution in [2.24, 2.45) is 10.7 Å². The molecular weight excluding hydrogens is 310 g/mol. The molecule has 0 unspecified atom stereocenters. The first-order chi connectivity index (χ1) is 11.1. The predicted octanol–water partition coefficient (Wildman–Crippen LogP) is 4.02. The van der Waals surface area contributed by atoms with Gasteiger partial charge in [0.1, 0.15) is 5.75 Å². The summed E-state index contributed by atoms with van der Waals surface area (Å²) in [6.07, 6.45) is 2.03. The first-order valence-corrected chi connectivity index (χ1v) is 8.01. The van der Waals surface area contributed by atoms with Crippen LogP contribution in [0, 0.1) is 0 Å². The Labute approximate surface area is 141 Å². The number of nitrogens with zero attached hydrogens (tertiary/aromatic N) is 1. The van der Waals surface area contributed by atoms with Gasteiger partial charge in [-0.05, 0) is 48.6 Å². The molecule has 3 rings (SSSR count). The highest BCUT2D eigenvalue weighted by molar-refractivity contribution is 6.30. The van der Waals surface area contributed by atoms with Crippen molar-refractivity contribution in [2.75, 3.05) is 12.4 Å². The summed E-state index contributed by atoms with van der Waals surface area (Å²) in [6.45, 7) is 0. The molecule has 0 spiro atoms. The maximum absolute atomic E-state index is 5.99. The quantitative estimate of drug-likeness (QED) is 0.658. The summed E-state index contributed by atoms with van der Waals surface area (Å²) in [7, 11) is 1.64. The van der Waals surface area contributed by atoms with Crippen LogP contribution in [0.2, 0.25) is 5.02 Å². The van der Waals surface area contributed by atoms with Crippen molar-refractivity contribution in [3.63, 3.8) is 0 Å². The molecule has 2 aromatic carbocycles. The monoisotopic (exact) mass is 329 g/mol. The van der Waals surface area contributed by atoms with Crippen LogP contribution in [0.1, 0.15) is 24.3 Å². The molecule has 0 saturated heterocycles. The molecule has 1 aliphatic rings. The number of hydrogen-bond acceptors (Lipinski definition) is 2. The summed E-state index contributed by atoms with van der Waals surface area (Å²) in [6, 6.07) is 15.9. The van der Waals surface area contributed by atoms with Gasteiger partial charge in [-0.25, -0.2) is 4.99 Å². The van der Waals surface area contributed by atoms with E-state index >= 15 is 0 Å². The number of anilines is 1. The molecule has 3 N–H and O–H groups in total. The van der Waals surface area contributed by atoms with Gasteiger partial charge in [0, 0.05) is 16.8 Å². The Bertz CT molecular complexity index is 694. The summed E-state index contributed by atoms with van der Waals surface area (Å²) in [5.74, 6) is 1.78. The van der Waals surface area contributed by atoms with Gasteiger partial charge in [0.2, 0.25) is 0 Å². The molecule has 0 aromatic heterocycles. The molecule has 1 aliphatic carbocycles. The van der Waals surface area contributed by atoms with E-state index in [1.54, 1.807) is 7.11 Å². The summed E-state index contributed by atoms with van der Waals surface area (Å²) in [5.41, 5.74) is 8.19. The fourth-order valence-electron chi connectivity index (χ4n) is 2.78. The van der Waals surface area contributed by atoms with Crippen molar-refractivity contribution in [3.05, 3.63) is 59.1 Å². The number of benzene rings is 2. The first kappa shape index (κ1) is 15.7. The Hall–Kier alpha value is -2.20. The molecular formula is C18H20ClN3O. The average Bonchev–Trinajstić information content (AvgIpc) is 2.52. The van der Waals surface area contributed by atoms with Gasteiger partial charge in [0.05, 0.1) is 13.2 Å². The van der Waals surface area contributed by atoms with Crippen LogP contribution in [0.5, 0.6) is 5.75 Å². The van der Waals surface area contributed by atoms with Gasteiger partial charge >= 0.3 is 0 Å². The van der Waals surface area contributed by atoms with E-state index in [1.807, 2.05) is 36.4 Å². The maximum atomic E-state index is 5.99. The lowest BCUT2D eigenvalue weighted by molar-refractivity contribution is 0.353. The zero-order valence-electron chi connectivity index (χ0n) is 13.0. The SMILES string of the molecule is COc1cccc(NC(N)=NC2CC(c3ccc(Cl)cc3)C2)c1. The zero-order valence-corrected chi connectivity index (χ0v) is 13.8. The number of rotatable bonds is 4. The van der Waals surface area contributed by atoms with Crippen LogP contribution in [0.4, 0.5) is 5.69 Å². The Kier molecular flexibility index (Phi) is 4.72. The lowest BCUT2D eigenvalue weighted by atomic mass is 9.76. The first-order valence-electron chi connectivity index (χ1n) is 7.64. The standard InChI is InChI=1S/C18H20ClN3O/c1-23-17-4-2-3-15(11-17)21-18(20)22-16-9-13(10-16)12-5-7-14(19)8-6-12/h2-8,11,13,16H,9-10H2,1H3,(H3,20,21,22). The van der Waals surface area contributed by atoms with Gasteiger partial charge in [-0.15, -0.1) is 0 Å². The number of hydrogen-bond donors (Lipinski definition) is 2. The molecule has 0 bridgehead atoms.